The normalized spacial score (nSPS) is 18.2. The fourth-order valence-corrected chi connectivity index (χ4v) is 5.22. The topological polar surface area (TPSA) is 94.6 Å². The summed E-state index contributed by atoms with van der Waals surface area (Å²) in [6.07, 6.45) is 5.23. The second-order valence-electron chi connectivity index (χ2n) is 9.99. The molecule has 4 heterocycles. The molecule has 2 aliphatic rings. The van der Waals surface area contributed by atoms with Gasteiger partial charge >= 0.3 is 5.97 Å². The zero-order valence-corrected chi connectivity index (χ0v) is 21.0. The Kier molecular flexibility index (Phi) is 6.59. The van der Waals surface area contributed by atoms with E-state index in [9.17, 15) is 9.90 Å². The van der Waals surface area contributed by atoms with Gasteiger partial charge in [-0.05, 0) is 64.2 Å². The minimum Gasteiger partial charge on any atom is -0.480 e. The van der Waals surface area contributed by atoms with Crippen LogP contribution in [0.4, 0.5) is 5.69 Å². The van der Waals surface area contributed by atoms with E-state index in [1.54, 1.807) is 13.8 Å². The lowest BCUT2D eigenvalue weighted by Gasteiger charge is -2.39. The highest BCUT2D eigenvalue weighted by Gasteiger charge is 2.37. The first-order chi connectivity index (χ1) is 16.8. The summed E-state index contributed by atoms with van der Waals surface area (Å²) in [6, 6.07) is 10.7. The van der Waals surface area contributed by atoms with E-state index < -0.39 is 11.5 Å². The van der Waals surface area contributed by atoms with Crippen LogP contribution in [0.1, 0.15) is 46.0 Å². The van der Waals surface area contributed by atoms with E-state index in [1.165, 1.54) is 24.9 Å². The molecule has 2 saturated heterocycles. The number of benzene rings is 1. The lowest BCUT2D eigenvalue weighted by molar-refractivity contribution is -0.150. The number of fused-ring (bicyclic) bond motifs is 1. The summed E-state index contributed by atoms with van der Waals surface area (Å²) in [7, 11) is 0. The van der Waals surface area contributed by atoms with Gasteiger partial charge in [0.15, 0.2) is 5.65 Å². The number of H-pyrrole nitrogens is 1. The van der Waals surface area contributed by atoms with Crippen molar-refractivity contribution in [2.45, 2.75) is 57.6 Å². The smallest absolute Gasteiger partial charge is 0.323 e. The first kappa shape index (κ1) is 23.9. The number of hydrogen-bond acceptors (Lipinski definition) is 6. The van der Waals surface area contributed by atoms with Crippen molar-refractivity contribution < 1.29 is 14.6 Å². The number of aromatic nitrogens is 3. The highest BCUT2D eigenvalue weighted by molar-refractivity contribution is 6.33. The van der Waals surface area contributed by atoms with Gasteiger partial charge in [0.2, 0.25) is 0 Å². The average Bonchev–Trinajstić information content (AvgIpc) is 3.25. The molecule has 9 heteroatoms. The van der Waals surface area contributed by atoms with Gasteiger partial charge in [-0.1, -0.05) is 23.7 Å². The van der Waals surface area contributed by atoms with Crippen molar-refractivity contribution >= 4 is 34.4 Å². The Labute approximate surface area is 210 Å². The number of pyridine rings is 1. The summed E-state index contributed by atoms with van der Waals surface area (Å²) in [4.78, 5) is 28.4. The van der Waals surface area contributed by atoms with Crippen LogP contribution < -0.4 is 9.64 Å². The van der Waals surface area contributed by atoms with E-state index in [4.69, 9.17) is 21.3 Å². The van der Waals surface area contributed by atoms with Gasteiger partial charge in [0.25, 0.3) is 6.01 Å². The molecule has 0 atom stereocenters. The summed E-state index contributed by atoms with van der Waals surface area (Å²) in [5.41, 5.74) is 3.29. The molecule has 0 saturated carbocycles. The van der Waals surface area contributed by atoms with Crippen LogP contribution in [0, 0.1) is 0 Å². The van der Waals surface area contributed by atoms with Crippen LogP contribution in [0.15, 0.2) is 30.3 Å². The number of carbonyl (C=O) groups is 1. The van der Waals surface area contributed by atoms with E-state index in [0.717, 1.165) is 37.0 Å². The van der Waals surface area contributed by atoms with Crippen molar-refractivity contribution in [3.8, 4) is 17.3 Å². The molecule has 0 unspecified atom stereocenters. The predicted octanol–water partition coefficient (Wildman–Crippen LogP) is 4.98. The summed E-state index contributed by atoms with van der Waals surface area (Å²) in [6.45, 7) is 7.01. The second kappa shape index (κ2) is 9.66. The predicted molar refractivity (Wildman–Crippen MR) is 137 cm³/mol. The number of nitrogens with one attached hydrogen (secondary N) is 1. The molecule has 0 spiro atoms. The van der Waals surface area contributed by atoms with Crippen LogP contribution in [0.25, 0.3) is 22.4 Å². The Morgan fingerprint density at radius 2 is 1.77 bits per heavy atom. The fourth-order valence-electron chi connectivity index (χ4n) is 4.96. The Bertz CT molecular complexity index is 1200. The Morgan fingerprint density at radius 1 is 1.09 bits per heavy atom. The van der Waals surface area contributed by atoms with E-state index in [1.807, 2.05) is 11.0 Å². The maximum Gasteiger partial charge on any atom is 0.323 e. The van der Waals surface area contributed by atoms with Crippen LogP contribution in [0.3, 0.4) is 0 Å². The van der Waals surface area contributed by atoms with E-state index in [0.29, 0.717) is 35.5 Å². The highest BCUT2D eigenvalue weighted by atomic mass is 35.5. The van der Waals surface area contributed by atoms with E-state index in [-0.39, 0.29) is 6.10 Å². The maximum atomic E-state index is 11.5. The SMILES string of the molecule is CC(C)(C(=O)O)N1CCC(Oc2nc3nc(-c4ccc(N5CCCCC5)cc4)c(Cl)cc3[nH]2)CC1. The molecule has 2 N–H and O–H groups in total. The van der Waals surface area contributed by atoms with Crippen molar-refractivity contribution in [2.75, 3.05) is 31.1 Å². The largest absolute Gasteiger partial charge is 0.480 e. The van der Waals surface area contributed by atoms with Crippen LogP contribution in [-0.4, -0.2) is 68.7 Å². The van der Waals surface area contributed by atoms with Gasteiger partial charge in [0.05, 0.1) is 16.2 Å². The van der Waals surface area contributed by atoms with Gasteiger partial charge in [-0.2, -0.15) is 4.98 Å². The summed E-state index contributed by atoms with van der Waals surface area (Å²) >= 11 is 6.60. The number of hydrogen-bond donors (Lipinski definition) is 2. The van der Waals surface area contributed by atoms with Gasteiger partial charge in [-0.25, -0.2) is 4.98 Å². The Balaban J connectivity index is 1.28. The molecular formula is C26H32ClN5O3. The van der Waals surface area contributed by atoms with Gasteiger partial charge in [0, 0.05) is 37.4 Å². The molecule has 186 valence electrons. The number of carboxylic acids is 1. The summed E-state index contributed by atoms with van der Waals surface area (Å²) < 4.78 is 6.10. The van der Waals surface area contributed by atoms with Crippen molar-refractivity contribution in [3.05, 3.63) is 35.4 Å². The van der Waals surface area contributed by atoms with Gasteiger partial charge < -0.3 is 19.7 Å². The molecule has 3 aromatic rings. The molecule has 8 nitrogen and oxygen atoms in total. The third-order valence-corrected chi connectivity index (χ3v) is 7.59. The van der Waals surface area contributed by atoms with Crippen molar-refractivity contribution in [1.29, 1.82) is 0 Å². The van der Waals surface area contributed by atoms with E-state index >= 15 is 0 Å². The number of carboxylic acid groups (broad SMARTS) is 1. The molecule has 35 heavy (non-hydrogen) atoms. The minimum atomic E-state index is -0.882. The number of aliphatic carboxylic acids is 1. The number of ether oxygens (including phenoxy) is 1. The molecule has 0 radical (unpaired) electrons. The van der Waals surface area contributed by atoms with Gasteiger partial charge in [-0.3, -0.25) is 9.69 Å². The molecule has 0 bridgehead atoms. The minimum absolute atomic E-state index is 0.0336. The number of anilines is 1. The number of imidazole rings is 1. The quantitative estimate of drug-likeness (QED) is 0.496. The molecule has 2 aromatic heterocycles. The third kappa shape index (κ3) is 4.95. The van der Waals surface area contributed by atoms with Crippen LogP contribution in [0.2, 0.25) is 5.02 Å². The molecule has 1 aromatic carbocycles. The second-order valence-corrected chi connectivity index (χ2v) is 10.4. The van der Waals surface area contributed by atoms with Crippen molar-refractivity contribution in [1.82, 2.24) is 19.9 Å². The Morgan fingerprint density at radius 3 is 2.43 bits per heavy atom. The zero-order valence-electron chi connectivity index (χ0n) is 20.3. The standard InChI is InChI=1S/C26H32ClN5O3/c1-26(2,24(33)34)32-14-10-19(11-15-32)35-25-28-21-16-20(27)22(29-23(21)30-25)17-6-8-18(9-7-17)31-12-4-3-5-13-31/h6-9,16,19H,3-5,10-15H2,1-2H3,(H,33,34)(H,28,29,30). The number of piperidine rings is 2. The number of likely N-dealkylation sites (tertiary alicyclic amines) is 1. The summed E-state index contributed by atoms with van der Waals surface area (Å²) in [5.74, 6) is -0.811. The third-order valence-electron chi connectivity index (χ3n) is 7.30. The number of rotatable bonds is 6. The highest BCUT2D eigenvalue weighted by Crippen LogP contribution is 2.32. The van der Waals surface area contributed by atoms with Crippen LogP contribution >= 0.6 is 11.6 Å². The van der Waals surface area contributed by atoms with E-state index in [2.05, 4.69) is 39.1 Å². The monoisotopic (exact) mass is 497 g/mol. The number of nitrogens with zero attached hydrogens (tertiary/aromatic N) is 4. The number of halogens is 1. The van der Waals surface area contributed by atoms with Crippen molar-refractivity contribution in [2.24, 2.45) is 0 Å². The molecule has 5 rings (SSSR count). The molecule has 0 aliphatic carbocycles. The molecule has 2 fully saturated rings. The zero-order chi connectivity index (χ0) is 24.6. The average molecular weight is 498 g/mol. The lowest BCUT2D eigenvalue weighted by Crippen LogP contribution is -2.54. The lowest BCUT2D eigenvalue weighted by atomic mass is 9.98. The van der Waals surface area contributed by atoms with Gasteiger partial charge in [0.1, 0.15) is 11.6 Å². The van der Waals surface area contributed by atoms with Crippen LogP contribution in [-0.2, 0) is 4.79 Å². The fraction of sp³-hybridized carbons (Fsp3) is 0.500. The first-order valence-electron chi connectivity index (χ1n) is 12.4. The molecular weight excluding hydrogens is 466 g/mol. The first-order valence-corrected chi connectivity index (χ1v) is 12.8. The molecule has 0 amide bonds. The summed E-state index contributed by atoms with van der Waals surface area (Å²) in [5, 5.41) is 10.0. The van der Waals surface area contributed by atoms with Crippen LogP contribution in [0.5, 0.6) is 6.01 Å². The van der Waals surface area contributed by atoms with Gasteiger partial charge in [-0.15, -0.1) is 0 Å². The molecule has 2 aliphatic heterocycles. The maximum absolute atomic E-state index is 11.5. The Hall–Kier alpha value is -2.84. The number of aromatic amines is 1. The van der Waals surface area contributed by atoms with Crippen molar-refractivity contribution in [3.63, 3.8) is 0 Å².